The molecule has 20 heavy (non-hydrogen) atoms. The highest BCUT2D eigenvalue weighted by Gasteiger charge is 2.36. The Bertz CT molecular complexity index is 565. The number of amides is 1. The molecule has 0 aliphatic carbocycles. The number of halogens is 3. The fraction of sp³-hybridized carbons (Fsp3) is 0.385. The molecule has 1 unspecified atom stereocenters. The van der Waals surface area contributed by atoms with Gasteiger partial charge >= 0.3 is 5.97 Å². The zero-order valence-corrected chi connectivity index (χ0v) is 12.2. The van der Waals surface area contributed by atoms with Gasteiger partial charge in [0.05, 0.1) is 22.7 Å². The molecule has 1 aliphatic rings. The highest BCUT2D eigenvalue weighted by molar-refractivity contribution is 6.36. The molecule has 1 saturated heterocycles. The number of esters is 1. The van der Waals surface area contributed by atoms with Crippen molar-refractivity contribution in [3.8, 4) is 0 Å². The molecule has 0 radical (unpaired) electrons. The summed E-state index contributed by atoms with van der Waals surface area (Å²) in [7, 11) is 1.26. The molecule has 2 rings (SSSR count). The maximum atomic E-state index is 13.5. The minimum atomic E-state index is -0.728. The molecule has 1 heterocycles. The lowest BCUT2D eigenvalue weighted by atomic mass is 10.1. The Morgan fingerprint density at radius 3 is 2.70 bits per heavy atom. The number of ether oxygens (including phenoxy) is 1. The normalized spacial score (nSPS) is 18.2. The summed E-state index contributed by atoms with van der Waals surface area (Å²) >= 11 is 11.5. The Kier molecular flexibility index (Phi) is 4.50. The number of carbonyl (C=O) groups is 2. The highest BCUT2D eigenvalue weighted by Crippen LogP contribution is 2.28. The Hall–Kier alpha value is -1.33. The number of likely N-dealkylation sites (tertiary alicyclic amines) is 1. The van der Waals surface area contributed by atoms with E-state index in [1.807, 2.05) is 0 Å². The molecular formula is C13H12Cl2FNO3. The van der Waals surface area contributed by atoms with Crippen LogP contribution in [0.5, 0.6) is 0 Å². The summed E-state index contributed by atoms with van der Waals surface area (Å²) in [5.74, 6) is -1.71. The number of rotatable bonds is 2. The quantitative estimate of drug-likeness (QED) is 0.622. The predicted octanol–water partition coefficient (Wildman–Crippen LogP) is 2.91. The standard InChI is InChI=1S/C13H12Cl2FNO3/c1-20-13(19)11-3-2-4-17(11)12(18)7-5-10(16)9(15)6-8(7)14/h5-6,11H,2-4H2,1H3. The number of nitrogens with zero attached hydrogens (tertiary/aromatic N) is 1. The van der Waals surface area contributed by atoms with Gasteiger partial charge in [0, 0.05) is 6.54 Å². The van der Waals surface area contributed by atoms with Crippen LogP contribution in [0, 0.1) is 5.82 Å². The zero-order chi connectivity index (χ0) is 14.9. The lowest BCUT2D eigenvalue weighted by Gasteiger charge is -2.23. The van der Waals surface area contributed by atoms with Gasteiger partial charge in [0.25, 0.3) is 5.91 Å². The molecule has 1 atom stereocenters. The van der Waals surface area contributed by atoms with Crippen molar-refractivity contribution >= 4 is 35.1 Å². The molecule has 0 bridgehead atoms. The first-order chi connectivity index (χ1) is 9.45. The smallest absolute Gasteiger partial charge is 0.328 e. The second-order valence-electron chi connectivity index (χ2n) is 4.43. The van der Waals surface area contributed by atoms with E-state index in [4.69, 9.17) is 23.2 Å². The van der Waals surface area contributed by atoms with Crippen molar-refractivity contribution in [3.63, 3.8) is 0 Å². The van der Waals surface area contributed by atoms with Crippen molar-refractivity contribution in [2.24, 2.45) is 0 Å². The summed E-state index contributed by atoms with van der Waals surface area (Å²) in [6, 6.07) is 1.51. The van der Waals surface area contributed by atoms with E-state index in [9.17, 15) is 14.0 Å². The molecule has 1 amide bonds. The monoisotopic (exact) mass is 319 g/mol. The Morgan fingerprint density at radius 1 is 1.35 bits per heavy atom. The van der Waals surface area contributed by atoms with E-state index < -0.39 is 23.7 Å². The van der Waals surface area contributed by atoms with Crippen molar-refractivity contribution < 1.29 is 18.7 Å². The van der Waals surface area contributed by atoms with Crippen LogP contribution < -0.4 is 0 Å². The second-order valence-corrected chi connectivity index (χ2v) is 5.24. The van der Waals surface area contributed by atoms with Gasteiger partial charge in [0.1, 0.15) is 11.9 Å². The van der Waals surface area contributed by atoms with Crippen LogP contribution in [0.2, 0.25) is 10.0 Å². The van der Waals surface area contributed by atoms with E-state index in [1.165, 1.54) is 18.1 Å². The van der Waals surface area contributed by atoms with E-state index in [-0.39, 0.29) is 15.6 Å². The van der Waals surface area contributed by atoms with Gasteiger partial charge in [-0.3, -0.25) is 4.79 Å². The van der Waals surface area contributed by atoms with Gasteiger partial charge in [0.15, 0.2) is 0 Å². The van der Waals surface area contributed by atoms with Gasteiger partial charge in [-0.2, -0.15) is 0 Å². The maximum Gasteiger partial charge on any atom is 0.328 e. The maximum absolute atomic E-state index is 13.5. The van der Waals surface area contributed by atoms with Gasteiger partial charge < -0.3 is 9.64 Å². The summed E-state index contributed by atoms with van der Waals surface area (Å²) in [6.45, 7) is 0.402. The largest absolute Gasteiger partial charge is 0.467 e. The summed E-state index contributed by atoms with van der Waals surface area (Å²) < 4.78 is 18.1. The first kappa shape index (κ1) is 15.1. The number of benzene rings is 1. The van der Waals surface area contributed by atoms with Crippen LogP contribution in [0.25, 0.3) is 0 Å². The van der Waals surface area contributed by atoms with Gasteiger partial charge in [-0.15, -0.1) is 0 Å². The van der Waals surface area contributed by atoms with Crippen LogP contribution in [-0.4, -0.2) is 36.5 Å². The molecule has 7 heteroatoms. The third kappa shape index (κ3) is 2.74. The van der Waals surface area contributed by atoms with Crippen LogP contribution in [-0.2, 0) is 9.53 Å². The lowest BCUT2D eigenvalue weighted by Crippen LogP contribution is -2.41. The van der Waals surface area contributed by atoms with Gasteiger partial charge in [-0.05, 0) is 25.0 Å². The minimum absolute atomic E-state index is 0.00984. The Labute approximate surface area is 125 Å². The Balaban J connectivity index is 2.31. The topological polar surface area (TPSA) is 46.6 Å². The summed E-state index contributed by atoms with van der Waals surface area (Å²) in [5.41, 5.74) is -0.00984. The Morgan fingerprint density at radius 2 is 2.05 bits per heavy atom. The van der Waals surface area contributed by atoms with Gasteiger partial charge in [-0.25, -0.2) is 9.18 Å². The highest BCUT2D eigenvalue weighted by atomic mass is 35.5. The second kappa shape index (κ2) is 5.97. The molecule has 108 valence electrons. The average molecular weight is 320 g/mol. The third-order valence-electron chi connectivity index (χ3n) is 3.23. The van der Waals surface area contributed by atoms with E-state index in [0.29, 0.717) is 19.4 Å². The lowest BCUT2D eigenvalue weighted by molar-refractivity contribution is -0.145. The first-order valence-corrected chi connectivity index (χ1v) is 6.74. The van der Waals surface area contributed by atoms with Crippen molar-refractivity contribution in [2.75, 3.05) is 13.7 Å². The van der Waals surface area contributed by atoms with Crippen LogP contribution in [0.4, 0.5) is 4.39 Å². The molecule has 0 spiro atoms. The minimum Gasteiger partial charge on any atom is -0.467 e. The molecule has 1 aliphatic heterocycles. The van der Waals surface area contributed by atoms with E-state index in [1.54, 1.807) is 0 Å². The fourth-order valence-electron chi connectivity index (χ4n) is 2.23. The molecule has 0 N–H and O–H groups in total. The third-order valence-corrected chi connectivity index (χ3v) is 3.83. The van der Waals surface area contributed by atoms with Crippen molar-refractivity contribution in [2.45, 2.75) is 18.9 Å². The van der Waals surface area contributed by atoms with Crippen LogP contribution >= 0.6 is 23.2 Å². The molecule has 1 fully saturated rings. The fourth-order valence-corrected chi connectivity index (χ4v) is 2.70. The van der Waals surface area contributed by atoms with Crippen molar-refractivity contribution in [3.05, 3.63) is 33.6 Å². The van der Waals surface area contributed by atoms with E-state index in [2.05, 4.69) is 4.74 Å². The van der Waals surface area contributed by atoms with E-state index in [0.717, 1.165) is 6.07 Å². The molecule has 4 nitrogen and oxygen atoms in total. The number of hydrogen-bond donors (Lipinski definition) is 0. The summed E-state index contributed by atoms with van der Waals surface area (Å²) in [6.07, 6.45) is 1.20. The molecule has 1 aromatic carbocycles. The summed E-state index contributed by atoms with van der Waals surface area (Å²) in [5, 5.41) is -0.102. The van der Waals surface area contributed by atoms with E-state index >= 15 is 0 Å². The zero-order valence-electron chi connectivity index (χ0n) is 10.7. The predicted molar refractivity (Wildman–Crippen MR) is 72.5 cm³/mol. The van der Waals surface area contributed by atoms with Crippen molar-refractivity contribution in [1.29, 1.82) is 0 Å². The molecule has 1 aromatic rings. The first-order valence-electron chi connectivity index (χ1n) is 5.99. The molecular weight excluding hydrogens is 308 g/mol. The number of methoxy groups -OCH3 is 1. The molecule has 0 aromatic heterocycles. The number of hydrogen-bond acceptors (Lipinski definition) is 3. The van der Waals surface area contributed by atoms with Gasteiger partial charge in [0.2, 0.25) is 0 Å². The van der Waals surface area contributed by atoms with Crippen LogP contribution in [0.1, 0.15) is 23.2 Å². The average Bonchev–Trinajstić information content (AvgIpc) is 2.90. The van der Waals surface area contributed by atoms with Crippen LogP contribution in [0.15, 0.2) is 12.1 Å². The van der Waals surface area contributed by atoms with Crippen LogP contribution in [0.3, 0.4) is 0 Å². The molecule has 0 saturated carbocycles. The van der Waals surface area contributed by atoms with Crippen molar-refractivity contribution in [1.82, 2.24) is 4.90 Å². The number of carbonyl (C=O) groups excluding carboxylic acids is 2. The SMILES string of the molecule is COC(=O)C1CCCN1C(=O)c1cc(F)c(Cl)cc1Cl. The van der Waals surface area contributed by atoms with Gasteiger partial charge in [-0.1, -0.05) is 23.2 Å². The summed E-state index contributed by atoms with van der Waals surface area (Å²) in [4.78, 5) is 25.4.